The molecule has 1 aromatic carbocycles. The van der Waals surface area contributed by atoms with Gasteiger partial charge in [-0.1, -0.05) is 58.9 Å². The van der Waals surface area contributed by atoms with Gasteiger partial charge in [0.15, 0.2) is 6.54 Å². The van der Waals surface area contributed by atoms with Crippen molar-refractivity contribution in [2.24, 2.45) is 5.92 Å². The van der Waals surface area contributed by atoms with Crippen LogP contribution in [0.25, 0.3) is 0 Å². The molecule has 5 heteroatoms. The van der Waals surface area contributed by atoms with Crippen LogP contribution in [0.15, 0.2) is 24.3 Å². The van der Waals surface area contributed by atoms with Gasteiger partial charge in [0.25, 0.3) is 5.91 Å². The number of carbonyl (C=O) groups excluding carboxylic acids is 2. The van der Waals surface area contributed by atoms with Gasteiger partial charge in [-0.15, -0.1) is 0 Å². The maximum absolute atomic E-state index is 11.7. The second-order valence-electron chi connectivity index (χ2n) is 7.31. The molecule has 0 fully saturated rings. The van der Waals surface area contributed by atoms with E-state index in [4.69, 9.17) is 0 Å². The molecule has 2 amide bonds. The molecule has 0 saturated heterocycles. The Morgan fingerprint density at radius 3 is 2.09 bits per heavy atom. The van der Waals surface area contributed by atoms with Crippen molar-refractivity contribution >= 4 is 11.8 Å². The Balaban J connectivity index is 2.71. The summed E-state index contributed by atoms with van der Waals surface area (Å²) in [5.41, 5.74) is 7.33. The summed E-state index contributed by atoms with van der Waals surface area (Å²) < 4.78 is 0. The van der Waals surface area contributed by atoms with Gasteiger partial charge in [0.05, 0.1) is 0 Å². The molecule has 128 valence electrons. The second-order valence-corrected chi connectivity index (χ2v) is 7.31. The zero-order valence-electron chi connectivity index (χ0n) is 15.1. The van der Waals surface area contributed by atoms with Gasteiger partial charge in [0.2, 0.25) is 5.91 Å². The van der Waals surface area contributed by atoms with Gasteiger partial charge in [0.1, 0.15) is 6.04 Å². The number of nitrogens with two attached hydrogens (primary N) is 1. The Labute approximate surface area is 139 Å². The lowest BCUT2D eigenvalue weighted by molar-refractivity contribution is -0.692. The first kappa shape index (κ1) is 19.2. The molecule has 5 nitrogen and oxygen atoms in total. The molecule has 0 aliphatic heterocycles. The average Bonchev–Trinajstić information content (AvgIpc) is 2.44. The maximum Gasteiger partial charge on any atom is 0.293 e. The normalized spacial score (nSPS) is 12.8. The Bertz CT molecular complexity index is 530. The van der Waals surface area contributed by atoms with Crippen LogP contribution in [0.5, 0.6) is 0 Å². The van der Waals surface area contributed by atoms with E-state index in [0.29, 0.717) is 5.92 Å². The Morgan fingerprint density at radius 2 is 1.65 bits per heavy atom. The van der Waals surface area contributed by atoms with Gasteiger partial charge in [-0.25, -0.2) is 0 Å². The summed E-state index contributed by atoms with van der Waals surface area (Å²) in [7, 11) is 0. The SMILES string of the molecule is CC(=O)NNC(=O)C[NH2+][C@H](c1ccc(C(C)(C)C)cc1)C(C)C. The molecule has 0 aliphatic rings. The molecular weight excluding hydrogens is 290 g/mol. The summed E-state index contributed by atoms with van der Waals surface area (Å²) in [5.74, 6) is -0.0993. The number of hydrogen-bond acceptors (Lipinski definition) is 2. The van der Waals surface area contributed by atoms with Gasteiger partial charge in [-0.3, -0.25) is 20.4 Å². The van der Waals surface area contributed by atoms with Crippen molar-refractivity contribution in [2.75, 3.05) is 6.54 Å². The maximum atomic E-state index is 11.7. The Hall–Kier alpha value is -1.88. The highest BCUT2D eigenvalue weighted by Crippen LogP contribution is 2.25. The number of rotatable bonds is 5. The van der Waals surface area contributed by atoms with E-state index in [-0.39, 0.29) is 29.8 Å². The number of benzene rings is 1. The molecule has 0 saturated carbocycles. The molecule has 4 N–H and O–H groups in total. The van der Waals surface area contributed by atoms with E-state index < -0.39 is 0 Å². The van der Waals surface area contributed by atoms with E-state index >= 15 is 0 Å². The summed E-state index contributed by atoms with van der Waals surface area (Å²) in [5, 5.41) is 2.01. The highest BCUT2D eigenvalue weighted by Gasteiger charge is 2.21. The molecule has 0 bridgehead atoms. The summed E-state index contributed by atoms with van der Waals surface area (Å²) in [6.45, 7) is 12.5. The lowest BCUT2D eigenvalue weighted by Gasteiger charge is -2.22. The zero-order chi connectivity index (χ0) is 17.6. The molecule has 0 unspecified atom stereocenters. The van der Waals surface area contributed by atoms with Crippen LogP contribution in [0.2, 0.25) is 0 Å². The number of carbonyl (C=O) groups is 2. The molecule has 0 heterocycles. The largest absolute Gasteiger partial charge is 0.332 e. The quantitative estimate of drug-likeness (QED) is 0.718. The highest BCUT2D eigenvalue weighted by atomic mass is 16.2. The van der Waals surface area contributed by atoms with Crippen molar-refractivity contribution in [3.05, 3.63) is 35.4 Å². The van der Waals surface area contributed by atoms with Crippen molar-refractivity contribution in [1.82, 2.24) is 10.9 Å². The summed E-state index contributed by atoms with van der Waals surface area (Å²) in [6.07, 6.45) is 0. The fraction of sp³-hybridized carbons (Fsp3) is 0.556. The minimum absolute atomic E-state index is 0.133. The van der Waals surface area contributed by atoms with Crippen molar-refractivity contribution in [3.63, 3.8) is 0 Å². The first-order valence-corrected chi connectivity index (χ1v) is 8.10. The van der Waals surface area contributed by atoms with Crippen LogP contribution in [0.3, 0.4) is 0 Å². The molecule has 0 spiro atoms. The zero-order valence-corrected chi connectivity index (χ0v) is 15.1. The fourth-order valence-corrected chi connectivity index (χ4v) is 2.44. The molecule has 1 rings (SSSR count). The van der Waals surface area contributed by atoms with E-state index in [1.165, 1.54) is 18.1 Å². The standard InChI is InChI=1S/C18H29N3O2/c1-12(2)17(19-11-16(23)21-20-13(3)22)14-7-9-15(10-8-14)18(4,5)6/h7-10,12,17,19H,11H2,1-6H3,(H,20,22)(H,21,23)/p+1/t17-/m0/s1. The van der Waals surface area contributed by atoms with E-state index in [2.05, 4.69) is 69.7 Å². The number of quaternary nitrogens is 1. The predicted molar refractivity (Wildman–Crippen MR) is 91.5 cm³/mol. The van der Waals surface area contributed by atoms with Crippen LogP contribution in [-0.2, 0) is 15.0 Å². The Morgan fingerprint density at radius 1 is 1.09 bits per heavy atom. The first-order chi connectivity index (χ1) is 10.6. The van der Waals surface area contributed by atoms with Crippen molar-refractivity contribution < 1.29 is 14.9 Å². The molecule has 0 radical (unpaired) electrons. The third-order valence-electron chi connectivity index (χ3n) is 3.81. The van der Waals surface area contributed by atoms with Gasteiger partial charge in [-0.2, -0.15) is 0 Å². The molecule has 1 aromatic rings. The monoisotopic (exact) mass is 320 g/mol. The van der Waals surface area contributed by atoms with Gasteiger partial charge < -0.3 is 5.32 Å². The minimum Gasteiger partial charge on any atom is -0.332 e. The molecule has 1 atom stereocenters. The van der Waals surface area contributed by atoms with Gasteiger partial charge in [-0.05, 0) is 11.0 Å². The third kappa shape index (κ3) is 6.40. The van der Waals surface area contributed by atoms with Crippen LogP contribution >= 0.6 is 0 Å². The number of hydrazine groups is 1. The fourth-order valence-electron chi connectivity index (χ4n) is 2.44. The molecule has 23 heavy (non-hydrogen) atoms. The molecular formula is C18H30N3O2+. The van der Waals surface area contributed by atoms with E-state index in [0.717, 1.165) is 0 Å². The third-order valence-corrected chi connectivity index (χ3v) is 3.81. The van der Waals surface area contributed by atoms with Crippen molar-refractivity contribution in [1.29, 1.82) is 0 Å². The average molecular weight is 320 g/mol. The van der Waals surface area contributed by atoms with Gasteiger partial charge in [0, 0.05) is 18.4 Å². The van der Waals surface area contributed by atoms with Crippen LogP contribution in [0, 0.1) is 5.92 Å². The topological polar surface area (TPSA) is 74.8 Å². The van der Waals surface area contributed by atoms with Crippen molar-refractivity contribution in [2.45, 2.75) is 53.0 Å². The summed E-state index contributed by atoms with van der Waals surface area (Å²) in [6, 6.07) is 8.82. The minimum atomic E-state index is -0.281. The highest BCUT2D eigenvalue weighted by molar-refractivity contribution is 5.81. The molecule has 0 aromatic heterocycles. The number of nitrogens with one attached hydrogen (secondary N) is 2. The lowest BCUT2D eigenvalue weighted by atomic mass is 9.85. The summed E-state index contributed by atoms with van der Waals surface area (Å²) >= 11 is 0. The second kappa shape index (κ2) is 8.11. The van der Waals surface area contributed by atoms with E-state index in [9.17, 15) is 9.59 Å². The number of amides is 2. The number of hydrogen-bond donors (Lipinski definition) is 3. The van der Waals surface area contributed by atoms with Crippen LogP contribution < -0.4 is 16.2 Å². The predicted octanol–water partition coefficient (Wildman–Crippen LogP) is 1.41. The summed E-state index contributed by atoms with van der Waals surface area (Å²) in [4.78, 5) is 22.5. The first-order valence-electron chi connectivity index (χ1n) is 8.10. The van der Waals surface area contributed by atoms with Crippen molar-refractivity contribution in [3.8, 4) is 0 Å². The van der Waals surface area contributed by atoms with Crippen LogP contribution in [0.4, 0.5) is 0 Å². The van der Waals surface area contributed by atoms with E-state index in [1.807, 2.05) is 5.32 Å². The van der Waals surface area contributed by atoms with Gasteiger partial charge >= 0.3 is 0 Å². The van der Waals surface area contributed by atoms with E-state index in [1.54, 1.807) is 0 Å². The smallest absolute Gasteiger partial charge is 0.293 e. The Kier molecular flexibility index (Phi) is 6.76. The lowest BCUT2D eigenvalue weighted by Crippen LogP contribution is -2.88. The van der Waals surface area contributed by atoms with Crippen LogP contribution in [-0.4, -0.2) is 18.4 Å². The van der Waals surface area contributed by atoms with Crippen LogP contribution in [0.1, 0.15) is 58.7 Å². The molecule has 0 aliphatic carbocycles.